The first-order chi connectivity index (χ1) is 7.33. The smallest absolute Gasteiger partial charge is 0.0257 e. The average Bonchev–Trinajstić information content (AvgIpc) is 2.76. The number of hydrogen-bond acceptors (Lipinski definition) is 0. The molecule has 0 radical (unpaired) electrons. The van der Waals surface area contributed by atoms with Crippen molar-refractivity contribution in [3.63, 3.8) is 0 Å². The largest absolute Gasteiger partial charge is 0.0871 e. The van der Waals surface area contributed by atoms with Gasteiger partial charge in [-0.05, 0) is 19.4 Å². The summed E-state index contributed by atoms with van der Waals surface area (Å²) in [4.78, 5) is 0. The quantitative estimate of drug-likeness (QED) is 0.602. The molecule has 2 rings (SSSR count). The van der Waals surface area contributed by atoms with Crippen LogP contribution in [-0.4, -0.2) is 0 Å². The Morgan fingerprint density at radius 1 is 1.00 bits per heavy atom. The van der Waals surface area contributed by atoms with Crippen LogP contribution in [0.15, 0.2) is 30.3 Å². The summed E-state index contributed by atoms with van der Waals surface area (Å²) < 4.78 is 0. The number of aryl methyl sites for hydroxylation is 1. The molecular formula is C15H22. The lowest BCUT2D eigenvalue weighted by molar-refractivity contribution is 0.886. The summed E-state index contributed by atoms with van der Waals surface area (Å²) in [6.07, 6.45) is 11.7. The van der Waals surface area contributed by atoms with Crippen LogP contribution in [0.5, 0.6) is 0 Å². The maximum Gasteiger partial charge on any atom is -0.0257 e. The van der Waals surface area contributed by atoms with Gasteiger partial charge in [-0.25, -0.2) is 0 Å². The third kappa shape index (κ3) is 5.41. The molecule has 1 saturated carbocycles. The van der Waals surface area contributed by atoms with E-state index in [1.54, 1.807) is 0 Å². The number of rotatable bonds is 1. The van der Waals surface area contributed by atoms with E-state index < -0.39 is 0 Å². The molecule has 0 aliphatic heterocycles. The van der Waals surface area contributed by atoms with Crippen molar-refractivity contribution in [2.24, 2.45) is 0 Å². The molecule has 1 aliphatic carbocycles. The standard InChI is InChI=1S/C10H12.C5H10/c1-3-5-10-7-4-6-9(2)8-10;1-2-4-5-3-1/h3-8H,1-2H3;1-5H2/b5-3+;. The lowest BCUT2D eigenvalue weighted by Gasteiger charge is -1.93. The molecule has 0 heterocycles. The van der Waals surface area contributed by atoms with Gasteiger partial charge in [0.05, 0.1) is 0 Å². The molecule has 0 saturated heterocycles. The normalized spacial score (nSPS) is 15.1. The summed E-state index contributed by atoms with van der Waals surface area (Å²) in [5.41, 5.74) is 2.60. The van der Waals surface area contributed by atoms with Gasteiger partial charge in [0.25, 0.3) is 0 Å². The highest BCUT2D eigenvalue weighted by atomic mass is 14.0. The van der Waals surface area contributed by atoms with Crippen LogP contribution in [0.1, 0.15) is 50.2 Å². The summed E-state index contributed by atoms with van der Waals surface area (Å²) in [5.74, 6) is 0. The van der Waals surface area contributed by atoms with E-state index in [1.165, 1.54) is 43.2 Å². The van der Waals surface area contributed by atoms with Crippen LogP contribution < -0.4 is 0 Å². The summed E-state index contributed by atoms with van der Waals surface area (Å²) >= 11 is 0. The minimum Gasteiger partial charge on any atom is -0.0871 e. The van der Waals surface area contributed by atoms with Gasteiger partial charge in [0.15, 0.2) is 0 Å². The molecule has 1 aromatic rings. The number of hydrogen-bond donors (Lipinski definition) is 0. The van der Waals surface area contributed by atoms with E-state index in [0.717, 1.165) is 0 Å². The summed E-state index contributed by atoms with van der Waals surface area (Å²) in [7, 11) is 0. The average molecular weight is 202 g/mol. The first kappa shape index (κ1) is 12.0. The Morgan fingerprint density at radius 2 is 1.60 bits per heavy atom. The molecule has 1 aliphatic rings. The zero-order valence-electron chi connectivity index (χ0n) is 10.00. The fraction of sp³-hybridized carbons (Fsp3) is 0.467. The highest BCUT2D eigenvalue weighted by molar-refractivity contribution is 5.49. The van der Waals surface area contributed by atoms with Crippen molar-refractivity contribution in [3.8, 4) is 0 Å². The van der Waals surface area contributed by atoms with E-state index in [4.69, 9.17) is 0 Å². The maximum atomic E-state index is 2.17. The van der Waals surface area contributed by atoms with Crippen LogP contribution in [0, 0.1) is 6.92 Å². The van der Waals surface area contributed by atoms with Crippen LogP contribution in [0.3, 0.4) is 0 Å². The topological polar surface area (TPSA) is 0 Å². The predicted molar refractivity (Wildman–Crippen MR) is 69.0 cm³/mol. The SMILES string of the molecule is C/C=C/c1cccc(C)c1.C1CCCC1. The van der Waals surface area contributed by atoms with Gasteiger partial charge >= 0.3 is 0 Å². The zero-order valence-corrected chi connectivity index (χ0v) is 10.00. The molecule has 82 valence electrons. The Hall–Kier alpha value is -1.04. The fourth-order valence-corrected chi connectivity index (χ4v) is 1.85. The van der Waals surface area contributed by atoms with Crippen LogP contribution in [0.4, 0.5) is 0 Å². The van der Waals surface area contributed by atoms with Crippen LogP contribution in [0.25, 0.3) is 6.08 Å². The minimum absolute atomic E-state index is 1.28. The van der Waals surface area contributed by atoms with Crippen LogP contribution >= 0.6 is 0 Å². The number of benzene rings is 1. The molecule has 0 N–H and O–H groups in total. The van der Waals surface area contributed by atoms with Gasteiger partial charge in [-0.15, -0.1) is 0 Å². The third-order valence-electron chi connectivity index (χ3n) is 2.65. The van der Waals surface area contributed by atoms with Gasteiger partial charge in [-0.2, -0.15) is 0 Å². The lowest BCUT2D eigenvalue weighted by atomic mass is 10.1. The van der Waals surface area contributed by atoms with E-state index in [0.29, 0.717) is 0 Å². The van der Waals surface area contributed by atoms with Crippen molar-refractivity contribution in [2.75, 3.05) is 0 Å². The van der Waals surface area contributed by atoms with Gasteiger partial charge in [0.2, 0.25) is 0 Å². The van der Waals surface area contributed by atoms with E-state index in [1.807, 2.05) is 6.92 Å². The minimum atomic E-state index is 1.28. The molecule has 0 aromatic heterocycles. The molecule has 0 bridgehead atoms. The second kappa shape index (κ2) is 7.28. The Balaban J connectivity index is 0.000000187. The molecule has 0 spiro atoms. The Labute approximate surface area is 94.0 Å². The maximum absolute atomic E-state index is 2.17. The Kier molecular flexibility index (Phi) is 5.84. The molecule has 1 fully saturated rings. The number of allylic oxidation sites excluding steroid dienone is 1. The van der Waals surface area contributed by atoms with Crippen molar-refractivity contribution in [1.82, 2.24) is 0 Å². The van der Waals surface area contributed by atoms with Crippen molar-refractivity contribution in [3.05, 3.63) is 41.5 Å². The van der Waals surface area contributed by atoms with E-state index in [-0.39, 0.29) is 0 Å². The second-order valence-corrected chi connectivity index (χ2v) is 4.18. The summed E-state index contributed by atoms with van der Waals surface area (Å²) in [6.45, 7) is 4.13. The molecule has 0 amide bonds. The highest BCUT2D eigenvalue weighted by Gasteiger charge is 1.95. The van der Waals surface area contributed by atoms with Crippen molar-refractivity contribution in [2.45, 2.75) is 46.0 Å². The van der Waals surface area contributed by atoms with Crippen molar-refractivity contribution >= 4 is 6.08 Å². The predicted octanol–water partition coefficient (Wildman–Crippen LogP) is 4.98. The second-order valence-electron chi connectivity index (χ2n) is 4.18. The first-order valence-corrected chi connectivity index (χ1v) is 6.02. The first-order valence-electron chi connectivity index (χ1n) is 6.02. The monoisotopic (exact) mass is 202 g/mol. The van der Waals surface area contributed by atoms with Crippen LogP contribution in [0.2, 0.25) is 0 Å². The lowest BCUT2D eigenvalue weighted by Crippen LogP contribution is -1.72. The van der Waals surface area contributed by atoms with E-state index in [9.17, 15) is 0 Å². The van der Waals surface area contributed by atoms with Crippen LogP contribution in [-0.2, 0) is 0 Å². The highest BCUT2D eigenvalue weighted by Crippen LogP contribution is 2.15. The van der Waals surface area contributed by atoms with Crippen molar-refractivity contribution in [1.29, 1.82) is 0 Å². The Morgan fingerprint density at radius 3 is 2.07 bits per heavy atom. The van der Waals surface area contributed by atoms with Gasteiger partial charge in [-0.1, -0.05) is 74.1 Å². The fourth-order valence-electron chi connectivity index (χ4n) is 1.85. The van der Waals surface area contributed by atoms with Gasteiger partial charge in [0, 0.05) is 0 Å². The Bertz CT molecular complexity index is 285. The molecule has 0 nitrogen and oxygen atoms in total. The third-order valence-corrected chi connectivity index (χ3v) is 2.65. The molecule has 15 heavy (non-hydrogen) atoms. The van der Waals surface area contributed by atoms with Crippen molar-refractivity contribution < 1.29 is 0 Å². The molecule has 0 atom stereocenters. The molecular weight excluding hydrogens is 180 g/mol. The zero-order chi connectivity index (χ0) is 10.9. The molecule has 0 heteroatoms. The summed E-state index contributed by atoms with van der Waals surface area (Å²) in [6, 6.07) is 8.45. The van der Waals surface area contributed by atoms with Gasteiger partial charge in [0.1, 0.15) is 0 Å². The van der Waals surface area contributed by atoms with Gasteiger partial charge in [-0.3, -0.25) is 0 Å². The molecule has 1 aromatic carbocycles. The molecule has 0 unspecified atom stereocenters. The van der Waals surface area contributed by atoms with Gasteiger partial charge < -0.3 is 0 Å². The van der Waals surface area contributed by atoms with E-state index in [2.05, 4.69) is 43.3 Å². The van der Waals surface area contributed by atoms with E-state index >= 15 is 0 Å². The summed E-state index contributed by atoms with van der Waals surface area (Å²) in [5, 5.41) is 0.